The summed E-state index contributed by atoms with van der Waals surface area (Å²) in [6, 6.07) is 3.96. The Bertz CT molecular complexity index is 502. The van der Waals surface area contributed by atoms with Crippen molar-refractivity contribution in [2.24, 2.45) is 0 Å². The average Bonchev–Trinajstić information content (AvgIpc) is 2.41. The molecule has 0 saturated carbocycles. The highest BCUT2D eigenvalue weighted by molar-refractivity contribution is 7.99. The number of nitrogens with one attached hydrogen (secondary N) is 1. The fourth-order valence-electron chi connectivity index (χ4n) is 1.37. The second kappa shape index (κ2) is 6.35. The number of hydrogen-bond acceptors (Lipinski definition) is 5. The van der Waals surface area contributed by atoms with Crippen LogP contribution < -0.4 is 5.32 Å². The highest BCUT2D eigenvalue weighted by Crippen LogP contribution is 2.28. The van der Waals surface area contributed by atoms with Gasteiger partial charge in [-0.25, -0.2) is 9.97 Å². The summed E-state index contributed by atoms with van der Waals surface area (Å²) in [5, 5.41) is 4.18. The van der Waals surface area contributed by atoms with Crippen LogP contribution in [0.4, 0.5) is 5.95 Å². The van der Waals surface area contributed by atoms with Gasteiger partial charge in [-0.05, 0) is 25.5 Å². The van der Waals surface area contributed by atoms with E-state index in [0.29, 0.717) is 5.95 Å². The highest BCUT2D eigenvalue weighted by atomic mass is 32.2. The molecule has 1 N–H and O–H groups in total. The standard InChI is InChI=1S/C13H16N4S/c1-3-6-15-13-16-9-10(2)12(17-13)18-11-4-7-14-8-5-11/h4-5,7-9H,3,6H2,1-2H3,(H,15,16,17). The van der Waals surface area contributed by atoms with Crippen LogP contribution in [0, 0.1) is 6.92 Å². The number of hydrogen-bond donors (Lipinski definition) is 1. The van der Waals surface area contributed by atoms with Crippen molar-refractivity contribution in [1.29, 1.82) is 0 Å². The average molecular weight is 260 g/mol. The normalized spacial score (nSPS) is 10.3. The van der Waals surface area contributed by atoms with E-state index in [9.17, 15) is 0 Å². The van der Waals surface area contributed by atoms with Crippen molar-refractivity contribution in [3.8, 4) is 0 Å². The van der Waals surface area contributed by atoms with Crippen molar-refractivity contribution in [2.75, 3.05) is 11.9 Å². The van der Waals surface area contributed by atoms with Crippen LogP contribution in [0.5, 0.6) is 0 Å². The molecule has 18 heavy (non-hydrogen) atoms. The summed E-state index contributed by atoms with van der Waals surface area (Å²) < 4.78 is 0. The molecule has 0 atom stereocenters. The zero-order valence-corrected chi connectivity index (χ0v) is 11.4. The third-order valence-electron chi connectivity index (χ3n) is 2.32. The molecule has 0 aliphatic rings. The van der Waals surface area contributed by atoms with E-state index in [1.54, 1.807) is 24.2 Å². The predicted octanol–water partition coefficient (Wildman–Crippen LogP) is 3.15. The third-order valence-corrected chi connectivity index (χ3v) is 3.44. The van der Waals surface area contributed by atoms with Gasteiger partial charge in [-0.2, -0.15) is 0 Å². The number of pyridine rings is 1. The lowest BCUT2D eigenvalue weighted by Crippen LogP contribution is -2.05. The van der Waals surface area contributed by atoms with Gasteiger partial charge in [0.2, 0.25) is 5.95 Å². The summed E-state index contributed by atoms with van der Waals surface area (Å²) in [6.07, 6.45) is 6.49. The summed E-state index contributed by atoms with van der Waals surface area (Å²) in [4.78, 5) is 13.9. The Hall–Kier alpha value is -1.62. The Kier molecular flexibility index (Phi) is 4.52. The number of anilines is 1. The first kappa shape index (κ1) is 12.8. The largest absolute Gasteiger partial charge is 0.354 e. The first-order chi connectivity index (χ1) is 8.79. The second-order valence-electron chi connectivity index (χ2n) is 3.89. The van der Waals surface area contributed by atoms with Gasteiger partial charge in [-0.1, -0.05) is 18.7 Å². The first-order valence-corrected chi connectivity index (χ1v) is 6.76. The SMILES string of the molecule is CCCNc1ncc(C)c(Sc2ccncc2)n1. The molecular weight excluding hydrogens is 244 g/mol. The van der Waals surface area contributed by atoms with Crippen LogP contribution in [-0.2, 0) is 0 Å². The van der Waals surface area contributed by atoms with Gasteiger partial charge in [0.25, 0.3) is 0 Å². The smallest absolute Gasteiger partial charge is 0.223 e. The molecule has 0 radical (unpaired) electrons. The molecule has 2 aromatic rings. The molecule has 0 aliphatic carbocycles. The lowest BCUT2D eigenvalue weighted by Gasteiger charge is -2.07. The molecule has 2 aromatic heterocycles. The summed E-state index contributed by atoms with van der Waals surface area (Å²) in [7, 11) is 0. The molecule has 94 valence electrons. The van der Waals surface area contributed by atoms with Crippen LogP contribution in [0.3, 0.4) is 0 Å². The molecule has 2 rings (SSSR count). The lowest BCUT2D eigenvalue weighted by molar-refractivity contribution is 0.925. The minimum atomic E-state index is 0.694. The van der Waals surface area contributed by atoms with Crippen LogP contribution in [-0.4, -0.2) is 21.5 Å². The van der Waals surface area contributed by atoms with Gasteiger partial charge in [-0.15, -0.1) is 0 Å². The number of aromatic nitrogens is 3. The van der Waals surface area contributed by atoms with Crippen molar-refractivity contribution in [2.45, 2.75) is 30.2 Å². The van der Waals surface area contributed by atoms with E-state index in [1.165, 1.54) is 0 Å². The van der Waals surface area contributed by atoms with Crippen LogP contribution in [0.2, 0.25) is 0 Å². The summed E-state index contributed by atoms with van der Waals surface area (Å²) in [6.45, 7) is 5.03. The highest BCUT2D eigenvalue weighted by Gasteiger charge is 2.05. The quantitative estimate of drug-likeness (QED) is 0.837. The Labute approximate surface area is 111 Å². The molecule has 0 unspecified atom stereocenters. The van der Waals surface area contributed by atoms with E-state index < -0.39 is 0 Å². The molecule has 0 bridgehead atoms. The molecule has 5 heteroatoms. The number of nitrogens with zero attached hydrogens (tertiary/aromatic N) is 3. The van der Waals surface area contributed by atoms with Crippen molar-refractivity contribution < 1.29 is 0 Å². The number of aryl methyl sites for hydroxylation is 1. The third kappa shape index (κ3) is 3.43. The van der Waals surface area contributed by atoms with Crippen LogP contribution in [0.25, 0.3) is 0 Å². The maximum atomic E-state index is 4.53. The van der Waals surface area contributed by atoms with Gasteiger partial charge < -0.3 is 5.32 Å². The van der Waals surface area contributed by atoms with E-state index >= 15 is 0 Å². The van der Waals surface area contributed by atoms with Crippen molar-refractivity contribution >= 4 is 17.7 Å². The fraction of sp³-hybridized carbons (Fsp3) is 0.308. The van der Waals surface area contributed by atoms with Gasteiger partial charge in [0, 0.05) is 35.6 Å². The van der Waals surface area contributed by atoms with E-state index in [-0.39, 0.29) is 0 Å². The van der Waals surface area contributed by atoms with Gasteiger partial charge >= 0.3 is 0 Å². The van der Waals surface area contributed by atoms with Crippen molar-refractivity contribution in [3.63, 3.8) is 0 Å². The topological polar surface area (TPSA) is 50.7 Å². The zero-order valence-electron chi connectivity index (χ0n) is 10.6. The zero-order chi connectivity index (χ0) is 12.8. The molecule has 0 aliphatic heterocycles. The van der Waals surface area contributed by atoms with Gasteiger partial charge in [0.15, 0.2) is 0 Å². The van der Waals surface area contributed by atoms with E-state index in [4.69, 9.17) is 0 Å². The maximum Gasteiger partial charge on any atom is 0.223 e. The minimum Gasteiger partial charge on any atom is -0.354 e. The molecule has 0 fully saturated rings. The fourth-order valence-corrected chi connectivity index (χ4v) is 2.20. The lowest BCUT2D eigenvalue weighted by atomic mass is 10.4. The van der Waals surface area contributed by atoms with Crippen LogP contribution >= 0.6 is 11.8 Å². The monoisotopic (exact) mass is 260 g/mol. The molecule has 0 aromatic carbocycles. The minimum absolute atomic E-state index is 0.694. The first-order valence-electron chi connectivity index (χ1n) is 5.95. The molecule has 2 heterocycles. The second-order valence-corrected chi connectivity index (χ2v) is 4.96. The van der Waals surface area contributed by atoms with Crippen LogP contribution in [0.1, 0.15) is 18.9 Å². The molecule has 4 nitrogen and oxygen atoms in total. The van der Waals surface area contributed by atoms with Gasteiger partial charge in [0.05, 0.1) is 0 Å². The van der Waals surface area contributed by atoms with Gasteiger partial charge in [0.1, 0.15) is 5.03 Å². The van der Waals surface area contributed by atoms with Crippen LogP contribution in [0.15, 0.2) is 40.6 Å². The molecule has 0 spiro atoms. The Morgan fingerprint density at radius 2 is 2.06 bits per heavy atom. The van der Waals surface area contributed by atoms with E-state index in [0.717, 1.165) is 28.5 Å². The predicted molar refractivity (Wildman–Crippen MR) is 73.9 cm³/mol. The summed E-state index contributed by atoms with van der Waals surface area (Å²) in [5.41, 5.74) is 1.08. The number of rotatable bonds is 5. The molecule has 0 amide bonds. The molecule has 0 saturated heterocycles. The van der Waals surface area contributed by atoms with E-state index in [1.807, 2.05) is 25.3 Å². The van der Waals surface area contributed by atoms with E-state index in [2.05, 4.69) is 27.2 Å². The maximum absolute atomic E-state index is 4.53. The summed E-state index contributed by atoms with van der Waals surface area (Å²) in [5.74, 6) is 0.694. The van der Waals surface area contributed by atoms with Crippen molar-refractivity contribution in [3.05, 3.63) is 36.3 Å². The van der Waals surface area contributed by atoms with Gasteiger partial charge in [-0.3, -0.25) is 4.98 Å². The Morgan fingerprint density at radius 1 is 1.28 bits per heavy atom. The van der Waals surface area contributed by atoms with Crippen molar-refractivity contribution in [1.82, 2.24) is 15.0 Å². The summed E-state index contributed by atoms with van der Waals surface area (Å²) >= 11 is 1.63. The Morgan fingerprint density at radius 3 is 2.78 bits per heavy atom. The Balaban J connectivity index is 2.16. The molecular formula is C13H16N4S.